The summed E-state index contributed by atoms with van der Waals surface area (Å²) in [6.07, 6.45) is 0.473. The van der Waals surface area contributed by atoms with Gasteiger partial charge in [0.2, 0.25) is 5.91 Å². The zero-order chi connectivity index (χ0) is 19.2. The largest absolute Gasteiger partial charge is 0.495 e. The molecule has 1 heterocycles. The molecular formula is C21H26ClN3O2. The van der Waals surface area contributed by atoms with E-state index in [9.17, 15) is 4.79 Å². The highest BCUT2D eigenvalue weighted by Crippen LogP contribution is 2.28. The van der Waals surface area contributed by atoms with Gasteiger partial charge >= 0.3 is 0 Å². The molecule has 0 aromatic heterocycles. The van der Waals surface area contributed by atoms with E-state index in [1.807, 2.05) is 43.3 Å². The van der Waals surface area contributed by atoms with Crippen molar-refractivity contribution in [2.24, 2.45) is 0 Å². The van der Waals surface area contributed by atoms with Crippen LogP contribution in [0.5, 0.6) is 5.75 Å². The third-order valence-corrected chi connectivity index (χ3v) is 5.40. The molecule has 1 N–H and O–H groups in total. The average molecular weight is 388 g/mol. The van der Waals surface area contributed by atoms with Gasteiger partial charge < -0.3 is 15.0 Å². The first-order valence-corrected chi connectivity index (χ1v) is 9.61. The summed E-state index contributed by atoms with van der Waals surface area (Å²) in [5, 5.41) is 3.63. The molecule has 3 rings (SSSR count). The summed E-state index contributed by atoms with van der Waals surface area (Å²) in [7, 11) is 1.70. The first-order chi connectivity index (χ1) is 13.1. The van der Waals surface area contributed by atoms with Crippen LogP contribution in [0.1, 0.15) is 12.0 Å². The molecule has 1 fully saturated rings. The molecule has 6 heteroatoms. The van der Waals surface area contributed by atoms with Crippen molar-refractivity contribution in [2.75, 3.05) is 50.1 Å². The van der Waals surface area contributed by atoms with Crippen molar-refractivity contribution in [3.8, 4) is 5.75 Å². The van der Waals surface area contributed by atoms with E-state index >= 15 is 0 Å². The first-order valence-electron chi connectivity index (χ1n) is 9.24. The Balaban J connectivity index is 1.47. The van der Waals surface area contributed by atoms with Gasteiger partial charge in [0.1, 0.15) is 5.75 Å². The minimum Gasteiger partial charge on any atom is -0.495 e. The second-order valence-corrected chi connectivity index (χ2v) is 7.12. The number of piperazine rings is 1. The molecule has 144 valence electrons. The number of nitrogens with one attached hydrogen (secondary N) is 1. The van der Waals surface area contributed by atoms with Crippen LogP contribution in [0.15, 0.2) is 42.5 Å². The summed E-state index contributed by atoms with van der Waals surface area (Å²) < 4.78 is 5.46. The summed E-state index contributed by atoms with van der Waals surface area (Å²) >= 11 is 6.11. The maximum atomic E-state index is 12.3. The highest BCUT2D eigenvalue weighted by atomic mass is 35.5. The monoisotopic (exact) mass is 387 g/mol. The number of nitrogens with zero attached hydrogens (tertiary/aromatic N) is 2. The van der Waals surface area contributed by atoms with E-state index in [0.29, 0.717) is 11.4 Å². The standard InChI is InChI=1S/C21H26ClN3O2/c1-16-17(22)6-5-7-18(16)23-21(26)10-11-24-12-14-25(15-13-24)19-8-3-4-9-20(19)27-2/h3-9H,10-15H2,1-2H3,(H,23,26). The maximum absolute atomic E-state index is 12.3. The Morgan fingerprint density at radius 2 is 1.85 bits per heavy atom. The van der Waals surface area contributed by atoms with Crippen molar-refractivity contribution in [3.63, 3.8) is 0 Å². The van der Waals surface area contributed by atoms with Crippen molar-refractivity contribution in [2.45, 2.75) is 13.3 Å². The number of halogens is 1. The summed E-state index contributed by atoms with van der Waals surface area (Å²) in [5.74, 6) is 0.926. The van der Waals surface area contributed by atoms with Crippen molar-refractivity contribution in [1.29, 1.82) is 0 Å². The van der Waals surface area contributed by atoms with E-state index in [-0.39, 0.29) is 5.91 Å². The number of hydrogen-bond acceptors (Lipinski definition) is 4. The second kappa shape index (κ2) is 9.11. The highest BCUT2D eigenvalue weighted by molar-refractivity contribution is 6.31. The van der Waals surface area contributed by atoms with Crippen molar-refractivity contribution in [1.82, 2.24) is 4.90 Å². The zero-order valence-corrected chi connectivity index (χ0v) is 16.6. The van der Waals surface area contributed by atoms with Gasteiger partial charge in [-0.1, -0.05) is 29.8 Å². The van der Waals surface area contributed by atoms with E-state index in [0.717, 1.165) is 55.4 Å². The molecule has 27 heavy (non-hydrogen) atoms. The number of ether oxygens (including phenoxy) is 1. The Morgan fingerprint density at radius 1 is 1.11 bits per heavy atom. The average Bonchev–Trinajstić information content (AvgIpc) is 2.70. The molecule has 0 bridgehead atoms. The van der Waals surface area contributed by atoms with Gasteiger partial charge in [0.05, 0.1) is 12.8 Å². The van der Waals surface area contributed by atoms with Gasteiger partial charge in [-0.25, -0.2) is 0 Å². The van der Waals surface area contributed by atoms with Crippen LogP contribution in [0.25, 0.3) is 0 Å². The summed E-state index contributed by atoms with van der Waals surface area (Å²) in [6, 6.07) is 13.7. The first kappa shape index (κ1) is 19.5. The number of benzene rings is 2. The highest BCUT2D eigenvalue weighted by Gasteiger charge is 2.20. The Labute approximate surface area is 165 Å². The smallest absolute Gasteiger partial charge is 0.225 e. The molecule has 1 aliphatic heterocycles. The van der Waals surface area contributed by atoms with Crippen LogP contribution < -0.4 is 15.0 Å². The SMILES string of the molecule is COc1ccccc1N1CCN(CCC(=O)Nc2cccc(Cl)c2C)CC1. The molecule has 0 saturated carbocycles. The molecule has 1 aliphatic rings. The molecule has 0 unspecified atom stereocenters. The van der Waals surface area contributed by atoms with Crippen LogP contribution in [0.3, 0.4) is 0 Å². The van der Waals surface area contributed by atoms with Crippen molar-refractivity contribution < 1.29 is 9.53 Å². The second-order valence-electron chi connectivity index (χ2n) is 6.71. The minimum absolute atomic E-state index is 0.0209. The number of hydrogen-bond donors (Lipinski definition) is 1. The fourth-order valence-electron chi connectivity index (χ4n) is 3.32. The van der Waals surface area contributed by atoms with E-state index in [4.69, 9.17) is 16.3 Å². The molecule has 0 atom stereocenters. The lowest BCUT2D eigenvalue weighted by Crippen LogP contribution is -2.47. The summed E-state index contributed by atoms with van der Waals surface area (Å²) in [5.41, 5.74) is 2.82. The Kier molecular flexibility index (Phi) is 6.58. The van der Waals surface area contributed by atoms with Gasteiger partial charge in [0, 0.05) is 49.9 Å². The van der Waals surface area contributed by atoms with Crippen LogP contribution in [0.2, 0.25) is 5.02 Å². The van der Waals surface area contributed by atoms with Crippen LogP contribution in [0.4, 0.5) is 11.4 Å². The minimum atomic E-state index is 0.0209. The van der Waals surface area contributed by atoms with Crippen LogP contribution in [-0.2, 0) is 4.79 Å². The predicted molar refractivity (Wildman–Crippen MR) is 111 cm³/mol. The Hall–Kier alpha value is -2.24. The molecular weight excluding hydrogens is 362 g/mol. The molecule has 5 nitrogen and oxygen atoms in total. The molecule has 1 amide bonds. The summed E-state index contributed by atoms with van der Waals surface area (Å²) in [6.45, 7) is 6.38. The lowest BCUT2D eigenvalue weighted by atomic mass is 10.2. The van der Waals surface area contributed by atoms with Crippen LogP contribution >= 0.6 is 11.6 Å². The molecule has 0 radical (unpaired) electrons. The quantitative estimate of drug-likeness (QED) is 0.818. The van der Waals surface area contributed by atoms with E-state index in [1.165, 1.54) is 0 Å². The molecule has 2 aromatic carbocycles. The zero-order valence-electron chi connectivity index (χ0n) is 15.9. The lowest BCUT2D eigenvalue weighted by molar-refractivity contribution is -0.116. The van der Waals surface area contributed by atoms with Crippen molar-refractivity contribution >= 4 is 28.9 Å². The third-order valence-electron chi connectivity index (χ3n) is 5.00. The number of carbonyl (C=O) groups excluding carboxylic acids is 1. The van der Waals surface area contributed by atoms with E-state index in [2.05, 4.69) is 21.2 Å². The number of rotatable bonds is 6. The normalized spacial score (nSPS) is 14.9. The predicted octanol–water partition coefficient (Wildman–Crippen LogP) is 3.81. The maximum Gasteiger partial charge on any atom is 0.225 e. The summed E-state index contributed by atoms with van der Waals surface area (Å²) in [4.78, 5) is 16.9. The lowest BCUT2D eigenvalue weighted by Gasteiger charge is -2.36. The van der Waals surface area contributed by atoms with Gasteiger partial charge in [0.25, 0.3) is 0 Å². The van der Waals surface area contributed by atoms with Crippen LogP contribution in [-0.4, -0.2) is 50.6 Å². The van der Waals surface area contributed by atoms with E-state index in [1.54, 1.807) is 7.11 Å². The molecule has 0 aliphatic carbocycles. The number of amides is 1. The fraction of sp³-hybridized carbons (Fsp3) is 0.381. The van der Waals surface area contributed by atoms with Gasteiger partial charge in [-0.15, -0.1) is 0 Å². The van der Waals surface area contributed by atoms with Gasteiger partial charge in [-0.2, -0.15) is 0 Å². The number of carbonyl (C=O) groups is 1. The fourth-order valence-corrected chi connectivity index (χ4v) is 3.49. The topological polar surface area (TPSA) is 44.8 Å². The number of anilines is 2. The van der Waals surface area contributed by atoms with Gasteiger partial charge in [-0.3, -0.25) is 9.69 Å². The number of para-hydroxylation sites is 2. The van der Waals surface area contributed by atoms with Crippen LogP contribution in [0, 0.1) is 6.92 Å². The third kappa shape index (κ3) is 4.93. The Bertz CT molecular complexity index is 789. The molecule has 2 aromatic rings. The van der Waals surface area contributed by atoms with Gasteiger partial charge in [-0.05, 0) is 36.8 Å². The van der Waals surface area contributed by atoms with Gasteiger partial charge in [0.15, 0.2) is 0 Å². The van der Waals surface area contributed by atoms with Crippen molar-refractivity contribution in [3.05, 3.63) is 53.1 Å². The Morgan fingerprint density at radius 3 is 2.59 bits per heavy atom. The molecule has 0 spiro atoms. The molecule has 1 saturated heterocycles. The van der Waals surface area contributed by atoms with E-state index < -0.39 is 0 Å². The number of methoxy groups -OCH3 is 1.